The summed E-state index contributed by atoms with van der Waals surface area (Å²) in [6.07, 6.45) is 0.801. The smallest absolute Gasteiger partial charge is 0.310 e. The van der Waals surface area contributed by atoms with Crippen molar-refractivity contribution in [3.8, 4) is 5.75 Å². The minimum Gasteiger partial charge on any atom is -0.496 e. The Morgan fingerprint density at radius 1 is 1.35 bits per heavy atom. The Kier molecular flexibility index (Phi) is 3.64. The van der Waals surface area contributed by atoms with Gasteiger partial charge in [0.15, 0.2) is 0 Å². The van der Waals surface area contributed by atoms with E-state index in [1.807, 2.05) is 24.3 Å². The number of esters is 1. The number of hydrogen-bond acceptors (Lipinski definition) is 4. The molecule has 0 radical (unpaired) electrons. The van der Waals surface area contributed by atoms with Gasteiger partial charge in [-0.05, 0) is 19.0 Å². The Morgan fingerprint density at radius 2 is 2.12 bits per heavy atom. The lowest BCUT2D eigenvalue weighted by Gasteiger charge is -2.20. The van der Waals surface area contributed by atoms with Gasteiger partial charge in [0.2, 0.25) is 0 Å². The first kappa shape index (κ1) is 11.9. The summed E-state index contributed by atoms with van der Waals surface area (Å²) in [5.41, 5.74) is 1.02. The molecule has 92 valence electrons. The summed E-state index contributed by atoms with van der Waals surface area (Å²) in [5, 5.41) is 3.33. The fourth-order valence-corrected chi connectivity index (χ4v) is 2.36. The second-order valence-electron chi connectivity index (χ2n) is 4.09. The van der Waals surface area contributed by atoms with E-state index in [-0.39, 0.29) is 17.9 Å². The molecule has 2 unspecified atom stereocenters. The molecule has 0 spiro atoms. The van der Waals surface area contributed by atoms with E-state index >= 15 is 0 Å². The van der Waals surface area contributed by atoms with Crippen molar-refractivity contribution in [2.24, 2.45) is 5.92 Å². The zero-order valence-electron chi connectivity index (χ0n) is 10.1. The molecular weight excluding hydrogens is 218 g/mol. The van der Waals surface area contributed by atoms with Gasteiger partial charge >= 0.3 is 5.97 Å². The van der Waals surface area contributed by atoms with Crippen molar-refractivity contribution in [3.63, 3.8) is 0 Å². The summed E-state index contributed by atoms with van der Waals surface area (Å²) < 4.78 is 10.2. The number of methoxy groups -OCH3 is 2. The maximum atomic E-state index is 11.7. The molecular formula is C13H17NO3. The van der Waals surface area contributed by atoms with Crippen molar-refractivity contribution >= 4 is 5.97 Å². The van der Waals surface area contributed by atoms with Crippen LogP contribution in [0.2, 0.25) is 0 Å². The molecule has 1 fully saturated rings. The molecule has 1 saturated heterocycles. The topological polar surface area (TPSA) is 47.6 Å². The molecule has 0 bridgehead atoms. The Balaban J connectivity index is 2.29. The highest BCUT2D eigenvalue weighted by Crippen LogP contribution is 2.35. The van der Waals surface area contributed by atoms with Crippen LogP contribution >= 0.6 is 0 Å². The quantitative estimate of drug-likeness (QED) is 0.807. The lowest BCUT2D eigenvalue weighted by molar-refractivity contribution is -0.145. The van der Waals surface area contributed by atoms with Gasteiger partial charge in [-0.15, -0.1) is 0 Å². The molecule has 2 atom stereocenters. The van der Waals surface area contributed by atoms with Crippen LogP contribution in [0.25, 0.3) is 0 Å². The number of ether oxygens (including phenoxy) is 2. The number of rotatable bonds is 3. The van der Waals surface area contributed by atoms with E-state index in [9.17, 15) is 4.79 Å². The molecule has 1 aromatic rings. The predicted octanol–water partition coefficient (Wildman–Crippen LogP) is 1.52. The lowest BCUT2D eigenvalue weighted by Crippen LogP contribution is -2.24. The maximum absolute atomic E-state index is 11.7. The fraction of sp³-hybridized carbons (Fsp3) is 0.462. The zero-order valence-corrected chi connectivity index (χ0v) is 10.1. The van der Waals surface area contributed by atoms with Crippen LogP contribution in [-0.2, 0) is 9.53 Å². The van der Waals surface area contributed by atoms with E-state index in [1.165, 1.54) is 7.11 Å². The van der Waals surface area contributed by atoms with E-state index in [4.69, 9.17) is 9.47 Å². The van der Waals surface area contributed by atoms with Gasteiger partial charge in [0.25, 0.3) is 0 Å². The van der Waals surface area contributed by atoms with Gasteiger partial charge in [0.1, 0.15) is 5.75 Å². The molecule has 1 aliphatic heterocycles. The predicted molar refractivity (Wildman–Crippen MR) is 63.9 cm³/mol. The second-order valence-corrected chi connectivity index (χ2v) is 4.09. The summed E-state index contributed by atoms with van der Waals surface area (Å²) in [5.74, 6) is 0.517. The number of carbonyl (C=O) groups is 1. The molecule has 4 heteroatoms. The average Bonchev–Trinajstić information content (AvgIpc) is 2.86. The van der Waals surface area contributed by atoms with Crippen LogP contribution in [0.4, 0.5) is 0 Å². The summed E-state index contributed by atoms with van der Waals surface area (Å²) in [6.45, 7) is 0.822. The highest BCUT2D eigenvalue weighted by atomic mass is 16.5. The molecule has 4 nitrogen and oxygen atoms in total. The van der Waals surface area contributed by atoms with Crippen molar-refractivity contribution in [1.82, 2.24) is 5.32 Å². The number of carbonyl (C=O) groups excluding carboxylic acids is 1. The largest absolute Gasteiger partial charge is 0.496 e. The molecule has 17 heavy (non-hydrogen) atoms. The minimum atomic E-state index is -0.161. The van der Waals surface area contributed by atoms with E-state index in [1.54, 1.807) is 7.11 Å². The molecule has 0 saturated carbocycles. The highest BCUT2D eigenvalue weighted by molar-refractivity contribution is 5.74. The zero-order chi connectivity index (χ0) is 12.3. The van der Waals surface area contributed by atoms with Crippen molar-refractivity contribution in [2.75, 3.05) is 20.8 Å². The van der Waals surface area contributed by atoms with E-state index in [0.717, 1.165) is 24.3 Å². The molecule has 2 rings (SSSR count). The van der Waals surface area contributed by atoms with E-state index in [2.05, 4.69) is 5.32 Å². The minimum absolute atomic E-state index is 0.0152. The molecule has 1 heterocycles. The molecule has 0 amide bonds. The maximum Gasteiger partial charge on any atom is 0.310 e. The third-order valence-electron chi connectivity index (χ3n) is 3.20. The van der Waals surface area contributed by atoms with Crippen molar-refractivity contribution in [1.29, 1.82) is 0 Å². The van der Waals surface area contributed by atoms with Crippen LogP contribution in [0.1, 0.15) is 18.0 Å². The summed E-state index contributed by atoms with van der Waals surface area (Å²) in [4.78, 5) is 11.7. The van der Waals surface area contributed by atoms with E-state index < -0.39 is 0 Å². The third-order valence-corrected chi connectivity index (χ3v) is 3.20. The van der Waals surface area contributed by atoms with E-state index in [0.29, 0.717) is 0 Å². The first-order valence-corrected chi connectivity index (χ1v) is 5.72. The number of benzene rings is 1. The number of para-hydroxylation sites is 1. The van der Waals surface area contributed by atoms with Gasteiger partial charge < -0.3 is 14.8 Å². The fourth-order valence-electron chi connectivity index (χ4n) is 2.36. The molecule has 1 N–H and O–H groups in total. The van der Waals surface area contributed by atoms with Gasteiger partial charge in [0, 0.05) is 11.6 Å². The van der Waals surface area contributed by atoms with Gasteiger partial charge in [-0.1, -0.05) is 18.2 Å². The highest BCUT2D eigenvalue weighted by Gasteiger charge is 2.35. The van der Waals surface area contributed by atoms with Crippen LogP contribution in [-0.4, -0.2) is 26.7 Å². The Labute approximate surface area is 101 Å². The van der Waals surface area contributed by atoms with Crippen molar-refractivity contribution in [3.05, 3.63) is 29.8 Å². The summed E-state index contributed by atoms with van der Waals surface area (Å²) in [7, 11) is 3.07. The standard InChI is InChI=1S/C13H17NO3/c1-16-11-6-4-3-5-9(11)12-10(7-8-14-12)13(15)17-2/h3-6,10,12,14H,7-8H2,1-2H3. The molecule has 1 aliphatic rings. The number of hydrogen-bond donors (Lipinski definition) is 1. The first-order chi connectivity index (χ1) is 8.27. The molecule has 0 aliphatic carbocycles. The van der Waals surface area contributed by atoms with Gasteiger partial charge in [-0.2, -0.15) is 0 Å². The average molecular weight is 235 g/mol. The van der Waals surface area contributed by atoms with Gasteiger partial charge in [-0.25, -0.2) is 0 Å². The summed E-state index contributed by atoms with van der Waals surface area (Å²) >= 11 is 0. The SMILES string of the molecule is COC(=O)C1CCNC1c1ccccc1OC. The van der Waals surface area contributed by atoms with Crippen LogP contribution in [0.3, 0.4) is 0 Å². The van der Waals surface area contributed by atoms with Crippen LogP contribution < -0.4 is 10.1 Å². The monoisotopic (exact) mass is 235 g/mol. The number of nitrogens with one attached hydrogen (secondary N) is 1. The Hall–Kier alpha value is -1.55. The lowest BCUT2D eigenvalue weighted by atomic mass is 9.93. The first-order valence-electron chi connectivity index (χ1n) is 5.72. The van der Waals surface area contributed by atoms with Crippen LogP contribution in [0.5, 0.6) is 5.75 Å². The van der Waals surface area contributed by atoms with Crippen LogP contribution in [0.15, 0.2) is 24.3 Å². The van der Waals surface area contributed by atoms with Crippen molar-refractivity contribution < 1.29 is 14.3 Å². The van der Waals surface area contributed by atoms with Crippen molar-refractivity contribution in [2.45, 2.75) is 12.5 Å². The van der Waals surface area contributed by atoms with Gasteiger partial charge in [0.05, 0.1) is 20.1 Å². The normalized spacial score (nSPS) is 23.4. The Bertz CT molecular complexity index is 405. The molecule has 0 aromatic heterocycles. The Morgan fingerprint density at radius 3 is 2.82 bits per heavy atom. The van der Waals surface area contributed by atoms with Crippen LogP contribution in [0, 0.1) is 5.92 Å². The molecule has 1 aromatic carbocycles. The third kappa shape index (κ3) is 2.26. The summed E-state index contributed by atoms with van der Waals surface area (Å²) in [6, 6.07) is 7.75. The van der Waals surface area contributed by atoms with Gasteiger partial charge in [-0.3, -0.25) is 4.79 Å². The second kappa shape index (κ2) is 5.19.